The fourth-order valence-electron chi connectivity index (χ4n) is 4.02. The molecule has 2 aromatic heterocycles. The lowest BCUT2D eigenvalue weighted by molar-refractivity contribution is -0.133. The normalized spacial score (nSPS) is 14.5. The van der Waals surface area contributed by atoms with Gasteiger partial charge in [0.25, 0.3) is 11.7 Å². The lowest BCUT2D eigenvalue weighted by Crippen LogP contribution is -2.51. The van der Waals surface area contributed by atoms with E-state index in [9.17, 15) is 18.4 Å². The van der Waals surface area contributed by atoms with Gasteiger partial charge in [-0.3, -0.25) is 9.59 Å². The third-order valence-electron chi connectivity index (χ3n) is 5.69. The van der Waals surface area contributed by atoms with Gasteiger partial charge in [0.1, 0.15) is 6.54 Å². The second kappa shape index (κ2) is 8.81. The van der Waals surface area contributed by atoms with E-state index in [1.807, 2.05) is 0 Å². The van der Waals surface area contributed by atoms with Gasteiger partial charge < -0.3 is 19.4 Å². The van der Waals surface area contributed by atoms with E-state index in [2.05, 4.69) is 15.0 Å². The number of carbonyl (C=O) groups is 2. The monoisotopic (exact) mass is 470 g/mol. The summed E-state index contributed by atoms with van der Waals surface area (Å²) in [6, 6.07) is 12.4. The highest BCUT2D eigenvalue weighted by Crippen LogP contribution is 2.28. The molecular weight excluding hydrogens is 450 g/mol. The van der Waals surface area contributed by atoms with E-state index < -0.39 is 5.76 Å². The first kappa shape index (κ1) is 21.4. The van der Waals surface area contributed by atoms with E-state index in [1.165, 1.54) is 4.57 Å². The number of nitrogens with one attached hydrogen (secondary N) is 1. The number of alkyl halides is 2. The van der Waals surface area contributed by atoms with Crippen LogP contribution in [0.1, 0.15) is 10.4 Å². The second-order valence-electron chi connectivity index (χ2n) is 7.66. The van der Waals surface area contributed by atoms with Gasteiger partial charge >= 0.3 is 0 Å². The number of benzene rings is 2. The molecule has 1 saturated heterocycles. The molecule has 0 atom stereocenters. The van der Waals surface area contributed by atoms with Gasteiger partial charge in [0.2, 0.25) is 5.91 Å². The number of H-pyrrole nitrogens is 1. The van der Waals surface area contributed by atoms with Crippen molar-refractivity contribution in [3.8, 4) is 0 Å². The zero-order valence-electron chi connectivity index (χ0n) is 17.4. The maximum absolute atomic E-state index is 13.0. The molecule has 2 amide bonds. The SMILES string of the molecule is O=C(Cn1c(SC(F)F)nc2ccccc21)N1CCN(C(=O)c2ccc3nc[nH]c3c2)CC1. The summed E-state index contributed by atoms with van der Waals surface area (Å²) in [6.45, 7) is 1.46. The molecule has 0 radical (unpaired) electrons. The van der Waals surface area contributed by atoms with E-state index in [4.69, 9.17) is 0 Å². The molecule has 33 heavy (non-hydrogen) atoms. The molecular formula is C22H20F2N6O2S. The molecule has 0 unspecified atom stereocenters. The van der Waals surface area contributed by atoms with Crippen LogP contribution in [-0.4, -0.2) is 73.1 Å². The molecule has 1 N–H and O–H groups in total. The highest BCUT2D eigenvalue weighted by molar-refractivity contribution is 7.99. The number of amides is 2. The zero-order valence-corrected chi connectivity index (χ0v) is 18.3. The molecule has 4 aromatic rings. The Labute approximate surface area is 191 Å². The van der Waals surface area contributed by atoms with Gasteiger partial charge in [0, 0.05) is 31.7 Å². The second-order valence-corrected chi connectivity index (χ2v) is 8.61. The van der Waals surface area contributed by atoms with Crippen molar-refractivity contribution in [1.29, 1.82) is 0 Å². The van der Waals surface area contributed by atoms with Crippen molar-refractivity contribution < 1.29 is 18.4 Å². The van der Waals surface area contributed by atoms with Gasteiger partial charge in [-0.15, -0.1) is 0 Å². The number of piperazine rings is 1. The molecule has 2 aromatic carbocycles. The smallest absolute Gasteiger partial charge is 0.291 e. The number of halogens is 2. The number of hydrogen-bond donors (Lipinski definition) is 1. The maximum atomic E-state index is 13.0. The summed E-state index contributed by atoms with van der Waals surface area (Å²) >= 11 is 0.331. The van der Waals surface area contributed by atoms with E-state index >= 15 is 0 Å². The first-order chi connectivity index (χ1) is 16.0. The standard InChI is InChI=1S/C22H20F2N6O2S/c23-21(24)33-22-27-16-3-1-2-4-18(16)30(22)12-19(31)28-7-9-29(10-8-28)20(32)14-5-6-15-17(11-14)26-13-25-15/h1-6,11,13,21H,7-10,12H2,(H,25,26). The van der Waals surface area contributed by atoms with Crippen LogP contribution in [0.15, 0.2) is 53.9 Å². The Morgan fingerprint density at radius 1 is 1.03 bits per heavy atom. The summed E-state index contributed by atoms with van der Waals surface area (Å²) in [5.74, 6) is -2.93. The van der Waals surface area contributed by atoms with Crippen molar-refractivity contribution in [2.45, 2.75) is 17.5 Å². The number of aromatic amines is 1. The fourth-order valence-corrected chi connectivity index (χ4v) is 4.62. The first-order valence-electron chi connectivity index (χ1n) is 10.4. The summed E-state index contributed by atoms with van der Waals surface area (Å²) in [6.07, 6.45) is 1.58. The largest absolute Gasteiger partial charge is 0.345 e. The van der Waals surface area contributed by atoms with Crippen molar-refractivity contribution >= 4 is 45.6 Å². The minimum Gasteiger partial charge on any atom is -0.345 e. The van der Waals surface area contributed by atoms with Gasteiger partial charge in [0.15, 0.2) is 5.16 Å². The third-order valence-corrected chi connectivity index (χ3v) is 6.39. The van der Waals surface area contributed by atoms with Gasteiger partial charge in [-0.05, 0) is 42.1 Å². The topological polar surface area (TPSA) is 87.1 Å². The van der Waals surface area contributed by atoms with Crippen molar-refractivity contribution in [3.05, 3.63) is 54.4 Å². The van der Waals surface area contributed by atoms with Gasteiger partial charge in [0.05, 0.1) is 28.4 Å². The van der Waals surface area contributed by atoms with Crippen molar-refractivity contribution in [3.63, 3.8) is 0 Å². The lowest BCUT2D eigenvalue weighted by Gasteiger charge is -2.35. The highest BCUT2D eigenvalue weighted by Gasteiger charge is 2.26. The van der Waals surface area contributed by atoms with Crippen molar-refractivity contribution in [2.75, 3.05) is 26.2 Å². The molecule has 3 heterocycles. The Bertz CT molecular complexity index is 1330. The number of para-hydroxylation sites is 2. The Morgan fingerprint density at radius 3 is 2.58 bits per heavy atom. The van der Waals surface area contributed by atoms with Crippen LogP contribution in [-0.2, 0) is 11.3 Å². The van der Waals surface area contributed by atoms with Crippen LogP contribution in [0.25, 0.3) is 22.1 Å². The number of rotatable bonds is 5. The summed E-state index contributed by atoms with van der Waals surface area (Å²) < 4.78 is 27.6. The number of carbonyl (C=O) groups excluding carboxylic acids is 2. The molecule has 8 nitrogen and oxygen atoms in total. The highest BCUT2D eigenvalue weighted by atomic mass is 32.2. The minimum absolute atomic E-state index is 0.0833. The number of aromatic nitrogens is 4. The number of hydrogen-bond acceptors (Lipinski definition) is 5. The van der Waals surface area contributed by atoms with Gasteiger partial charge in [-0.25, -0.2) is 9.97 Å². The number of thioether (sulfide) groups is 1. The number of imidazole rings is 2. The molecule has 0 bridgehead atoms. The molecule has 11 heteroatoms. The predicted octanol–water partition coefficient (Wildman–Crippen LogP) is 3.21. The zero-order chi connectivity index (χ0) is 22.9. The van der Waals surface area contributed by atoms with Crippen LogP contribution in [0.5, 0.6) is 0 Å². The van der Waals surface area contributed by atoms with E-state index in [0.717, 1.165) is 11.0 Å². The maximum Gasteiger partial charge on any atom is 0.291 e. The van der Waals surface area contributed by atoms with Crippen LogP contribution < -0.4 is 0 Å². The Morgan fingerprint density at radius 2 is 1.79 bits per heavy atom. The molecule has 1 aliphatic rings. The average Bonchev–Trinajstić information content (AvgIpc) is 3.42. The summed E-state index contributed by atoms with van der Waals surface area (Å²) in [5.41, 5.74) is 3.35. The van der Waals surface area contributed by atoms with Gasteiger partial charge in [-0.1, -0.05) is 12.1 Å². The van der Waals surface area contributed by atoms with Crippen molar-refractivity contribution in [2.24, 2.45) is 0 Å². The van der Waals surface area contributed by atoms with E-state index in [0.29, 0.717) is 54.5 Å². The molecule has 5 rings (SSSR count). The molecule has 0 saturated carbocycles. The molecule has 170 valence electrons. The third kappa shape index (κ3) is 4.28. The molecule has 1 aliphatic heterocycles. The molecule has 1 fully saturated rings. The van der Waals surface area contributed by atoms with Crippen LogP contribution in [0.2, 0.25) is 0 Å². The lowest BCUT2D eigenvalue weighted by atomic mass is 10.1. The Hall–Kier alpha value is -3.47. The van der Waals surface area contributed by atoms with Crippen LogP contribution in [0, 0.1) is 0 Å². The van der Waals surface area contributed by atoms with E-state index in [-0.39, 0.29) is 23.5 Å². The number of fused-ring (bicyclic) bond motifs is 2. The average molecular weight is 471 g/mol. The van der Waals surface area contributed by atoms with Crippen LogP contribution in [0.3, 0.4) is 0 Å². The van der Waals surface area contributed by atoms with Crippen molar-refractivity contribution in [1.82, 2.24) is 29.3 Å². The molecule has 0 spiro atoms. The summed E-state index contributed by atoms with van der Waals surface area (Å²) in [5, 5.41) is 0.113. The number of nitrogens with zero attached hydrogens (tertiary/aromatic N) is 5. The van der Waals surface area contributed by atoms with Gasteiger partial charge in [-0.2, -0.15) is 8.78 Å². The van der Waals surface area contributed by atoms with Crippen LogP contribution in [0.4, 0.5) is 8.78 Å². The van der Waals surface area contributed by atoms with E-state index in [1.54, 1.807) is 58.6 Å². The predicted molar refractivity (Wildman–Crippen MR) is 120 cm³/mol. The summed E-state index contributed by atoms with van der Waals surface area (Å²) in [7, 11) is 0. The Balaban J connectivity index is 1.26. The first-order valence-corrected chi connectivity index (χ1v) is 11.3. The minimum atomic E-state index is -2.63. The van der Waals surface area contributed by atoms with Crippen LogP contribution >= 0.6 is 11.8 Å². The molecule has 0 aliphatic carbocycles. The quantitative estimate of drug-likeness (QED) is 0.453. The summed E-state index contributed by atoms with van der Waals surface area (Å²) in [4.78, 5) is 40.7. The Kier molecular flexibility index (Phi) is 5.71. The fraction of sp³-hybridized carbons (Fsp3) is 0.273.